The second-order valence-electron chi connectivity index (χ2n) is 8.31. The zero-order valence-corrected chi connectivity index (χ0v) is 17.9. The van der Waals surface area contributed by atoms with Crippen LogP contribution in [0.2, 0.25) is 0 Å². The molecule has 0 bridgehead atoms. The molecule has 2 N–H and O–H groups in total. The van der Waals surface area contributed by atoms with Crippen LogP contribution >= 0.6 is 0 Å². The van der Waals surface area contributed by atoms with E-state index in [-0.39, 0.29) is 11.9 Å². The highest BCUT2D eigenvalue weighted by atomic mass is 32.2. The third-order valence-electron chi connectivity index (χ3n) is 5.99. The van der Waals surface area contributed by atoms with Crippen molar-refractivity contribution in [3.8, 4) is 0 Å². The first-order valence-electron chi connectivity index (χ1n) is 10.6. The molecule has 31 heavy (non-hydrogen) atoms. The number of nitrogens with one attached hydrogen (secondary N) is 1. The van der Waals surface area contributed by atoms with Crippen LogP contribution in [-0.2, 0) is 24.4 Å². The van der Waals surface area contributed by atoms with Crippen LogP contribution in [-0.4, -0.2) is 48.7 Å². The Hall–Kier alpha value is -1.43. The van der Waals surface area contributed by atoms with Gasteiger partial charge in [0.15, 0.2) is 0 Å². The van der Waals surface area contributed by atoms with E-state index in [1.807, 2.05) is 0 Å². The van der Waals surface area contributed by atoms with E-state index in [4.69, 9.17) is 9.29 Å². The maximum absolute atomic E-state index is 13.5. The maximum Gasteiger partial charge on any atom is 0.431 e. The van der Waals surface area contributed by atoms with Crippen molar-refractivity contribution < 1.29 is 44.9 Å². The fraction of sp³-hybridized carbons (Fsp3) is 0.895. The van der Waals surface area contributed by atoms with Gasteiger partial charge < -0.3 is 10.1 Å². The van der Waals surface area contributed by atoms with E-state index in [1.54, 1.807) is 0 Å². The molecule has 2 saturated carbocycles. The van der Waals surface area contributed by atoms with Gasteiger partial charge in [-0.05, 0) is 32.1 Å². The van der Waals surface area contributed by atoms with Crippen LogP contribution in [0.5, 0.6) is 0 Å². The van der Waals surface area contributed by atoms with E-state index in [9.17, 15) is 35.6 Å². The van der Waals surface area contributed by atoms with E-state index in [1.165, 1.54) is 0 Å². The lowest BCUT2D eigenvalue weighted by molar-refractivity contribution is -0.169. The Morgan fingerprint density at radius 3 is 2.06 bits per heavy atom. The smallest absolute Gasteiger partial charge is 0.431 e. The second-order valence-corrected chi connectivity index (χ2v) is 9.77. The Balaban J connectivity index is 1.86. The number of amides is 1. The summed E-state index contributed by atoms with van der Waals surface area (Å²) >= 11 is 0. The summed E-state index contributed by atoms with van der Waals surface area (Å²) in [5.74, 6) is -7.34. The average Bonchev–Trinajstić information content (AvgIpc) is 2.70. The maximum atomic E-state index is 13.5. The Morgan fingerprint density at radius 2 is 1.48 bits per heavy atom. The second kappa shape index (κ2) is 10.5. The highest BCUT2D eigenvalue weighted by molar-refractivity contribution is 7.87. The first-order valence-corrected chi connectivity index (χ1v) is 12.0. The standard InChI is InChI=1S/C19H29F4NO6S/c20-18(21,19(22,23)31(27,28)29)11-6-12-30-17(26)15-10-5-4-9-14(15)16(25)24-13-7-2-1-3-8-13/h13-15H,1-12H2,(H,24,25)(H,27,28,29). The summed E-state index contributed by atoms with van der Waals surface area (Å²) in [4.78, 5) is 25.1. The van der Waals surface area contributed by atoms with E-state index in [0.717, 1.165) is 38.5 Å². The van der Waals surface area contributed by atoms with Crippen LogP contribution < -0.4 is 5.32 Å². The molecule has 12 heteroatoms. The normalized spacial score (nSPS) is 23.9. The molecule has 180 valence electrons. The van der Waals surface area contributed by atoms with Gasteiger partial charge in [-0.1, -0.05) is 32.1 Å². The van der Waals surface area contributed by atoms with Gasteiger partial charge in [0, 0.05) is 12.5 Å². The van der Waals surface area contributed by atoms with Crippen LogP contribution in [0.3, 0.4) is 0 Å². The van der Waals surface area contributed by atoms with Gasteiger partial charge in [0.05, 0.1) is 18.4 Å². The van der Waals surface area contributed by atoms with Crippen molar-refractivity contribution in [3.05, 3.63) is 0 Å². The van der Waals surface area contributed by atoms with Gasteiger partial charge in [0.1, 0.15) is 0 Å². The van der Waals surface area contributed by atoms with E-state index in [2.05, 4.69) is 5.32 Å². The highest BCUT2D eigenvalue weighted by Crippen LogP contribution is 2.41. The van der Waals surface area contributed by atoms with Crippen molar-refractivity contribution in [2.75, 3.05) is 6.61 Å². The summed E-state index contributed by atoms with van der Waals surface area (Å²) in [5.41, 5.74) is 0. The third kappa shape index (κ3) is 6.53. The average molecular weight is 476 g/mol. The Morgan fingerprint density at radius 1 is 0.935 bits per heavy atom. The minimum absolute atomic E-state index is 0.0755. The Labute approximate surface area is 179 Å². The van der Waals surface area contributed by atoms with Crippen molar-refractivity contribution >= 4 is 22.0 Å². The molecular weight excluding hydrogens is 446 g/mol. The molecule has 0 heterocycles. The van der Waals surface area contributed by atoms with Gasteiger partial charge in [-0.25, -0.2) is 0 Å². The lowest BCUT2D eigenvalue weighted by atomic mass is 9.78. The summed E-state index contributed by atoms with van der Waals surface area (Å²) in [6.07, 6.45) is 4.97. The molecule has 0 aromatic carbocycles. The molecule has 2 atom stereocenters. The summed E-state index contributed by atoms with van der Waals surface area (Å²) in [6, 6.07) is 0.0755. The van der Waals surface area contributed by atoms with E-state index < -0.39 is 58.5 Å². The molecule has 0 aliphatic heterocycles. The lowest BCUT2D eigenvalue weighted by Crippen LogP contribution is -2.47. The molecule has 2 fully saturated rings. The van der Waals surface area contributed by atoms with Gasteiger partial charge >= 0.3 is 27.3 Å². The third-order valence-corrected chi connectivity index (χ3v) is 6.93. The molecule has 0 radical (unpaired) electrons. The number of halogens is 4. The van der Waals surface area contributed by atoms with Crippen LogP contribution in [0.25, 0.3) is 0 Å². The van der Waals surface area contributed by atoms with Gasteiger partial charge in [-0.2, -0.15) is 26.0 Å². The molecule has 7 nitrogen and oxygen atoms in total. The fourth-order valence-electron chi connectivity index (χ4n) is 4.19. The number of hydrogen-bond acceptors (Lipinski definition) is 5. The predicted octanol–water partition coefficient (Wildman–Crippen LogP) is 3.68. The number of esters is 1. The topological polar surface area (TPSA) is 110 Å². The number of ether oxygens (including phenoxy) is 1. The molecule has 0 spiro atoms. The predicted molar refractivity (Wildman–Crippen MR) is 102 cm³/mol. The number of rotatable bonds is 9. The SMILES string of the molecule is O=C(NC1CCCCC1)C1CCCCC1C(=O)OCCCC(F)(F)C(F)(F)S(=O)(=O)O. The van der Waals surface area contributed by atoms with Crippen LogP contribution in [0.4, 0.5) is 17.6 Å². The van der Waals surface area contributed by atoms with Crippen LogP contribution in [0.15, 0.2) is 0 Å². The van der Waals surface area contributed by atoms with Gasteiger partial charge in [-0.3, -0.25) is 14.1 Å². The van der Waals surface area contributed by atoms with Gasteiger partial charge in [-0.15, -0.1) is 0 Å². The molecule has 2 unspecified atom stereocenters. The van der Waals surface area contributed by atoms with Crippen molar-refractivity contribution in [2.45, 2.75) is 87.8 Å². The van der Waals surface area contributed by atoms with Crippen molar-refractivity contribution in [2.24, 2.45) is 11.8 Å². The summed E-state index contributed by atoms with van der Waals surface area (Å²) in [7, 11) is -6.30. The first-order chi connectivity index (χ1) is 14.4. The molecule has 2 aliphatic carbocycles. The molecule has 1 amide bonds. The van der Waals surface area contributed by atoms with E-state index >= 15 is 0 Å². The number of hydrogen-bond donors (Lipinski definition) is 2. The zero-order valence-electron chi connectivity index (χ0n) is 17.1. The minimum Gasteiger partial charge on any atom is -0.465 e. The number of carbonyl (C=O) groups excluding carboxylic acids is 2. The van der Waals surface area contributed by atoms with Gasteiger partial charge in [0.2, 0.25) is 5.91 Å². The molecular formula is C19H29F4NO6S. The van der Waals surface area contributed by atoms with Crippen LogP contribution in [0, 0.1) is 11.8 Å². The first kappa shape index (κ1) is 25.8. The molecule has 0 aromatic heterocycles. The quantitative estimate of drug-likeness (QED) is 0.228. The molecule has 2 aliphatic rings. The monoisotopic (exact) mass is 475 g/mol. The van der Waals surface area contributed by atoms with Gasteiger partial charge in [0.25, 0.3) is 0 Å². The molecule has 0 saturated heterocycles. The van der Waals surface area contributed by atoms with E-state index in [0.29, 0.717) is 19.3 Å². The number of alkyl halides is 4. The Kier molecular flexibility index (Phi) is 8.71. The summed E-state index contributed by atoms with van der Waals surface area (Å²) in [6.45, 7) is -0.635. The summed E-state index contributed by atoms with van der Waals surface area (Å²) < 4.78 is 87.6. The molecule has 2 rings (SSSR count). The van der Waals surface area contributed by atoms with Crippen molar-refractivity contribution in [1.29, 1.82) is 0 Å². The summed E-state index contributed by atoms with van der Waals surface area (Å²) in [5, 5.41) is -2.66. The Bertz CT molecular complexity index is 740. The minimum atomic E-state index is -6.30. The van der Waals surface area contributed by atoms with Crippen LogP contribution in [0.1, 0.15) is 70.6 Å². The largest absolute Gasteiger partial charge is 0.465 e. The number of carbonyl (C=O) groups is 2. The van der Waals surface area contributed by atoms with Crippen molar-refractivity contribution in [1.82, 2.24) is 5.32 Å². The zero-order chi connectivity index (χ0) is 23.3. The van der Waals surface area contributed by atoms with Crippen molar-refractivity contribution in [3.63, 3.8) is 0 Å². The fourth-order valence-corrected chi connectivity index (χ4v) is 4.67. The highest BCUT2D eigenvalue weighted by Gasteiger charge is 2.64. The lowest BCUT2D eigenvalue weighted by Gasteiger charge is -2.31. The molecule has 0 aromatic rings.